The van der Waals surface area contributed by atoms with Gasteiger partial charge in [-0.2, -0.15) is 0 Å². The number of nitrogens with two attached hydrogens (primary N) is 1. The smallest absolute Gasteiger partial charge is 0.320 e. The van der Waals surface area contributed by atoms with Crippen molar-refractivity contribution < 1.29 is 19.1 Å². The molecule has 5 nitrogen and oxygen atoms in total. The second-order valence-electron chi connectivity index (χ2n) is 4.61. The molecule has 1 unspecified atom stereocenters. The lowest BCUT2D eigenvalue weighted by molar-refractivity contribution is -0.140. The van der Waals surface area contributed by atoms with Crippen LogP contribution in [0.5, 0.6) is 0 Å². The number of hydrogen-bond acceptors (Lipinski definition) is 3. The number of carboxylic acid groups (broad SMARTS) is 1. The number of halogens is 1. The molecule has 0 fully saturated rings. The summed E-state index contributed by atoms with van der Waals surface area (Å²) in [6, 6.07) is 2.97. The molecule has 6 heteroatoms. The maximum Gasteiger partial charge on any atom is 0.320 e. The van der Waals surface area contributed by atoms with Gasteiger partial charge in [-0.3, -0.25) is 14.9 Å². The highest BCUT2D eigenvalue weighted by molar-refractivity contribution is 5.92. The molecule has 104 valence electrons. The van der Waals surface area contributed by atoms with E-state index in [9.17, 15) is 14.0 Å². The number of carbonyl (C=O) groups excluding carboxylic acids is 1. The molecular formula is C13H17FN2O3. The van der Waals surface area contributed by atoms with Crippen LogP contribution in [0.15, 0.2) is 18.2 Å². The molecule has 0 aliphatic rings. The standard InChI is InChI=1S/C13H17FN2O3/c1-7(2)11(13(18)19)16-6-9-5-8(12(15)17)3-4-10(9)14/h3-5,7,11,16H,6H2,1-2H3,(H2,15,17)(H,18,19). The summed E-state index contributed by atoms with van der Waals surface area (Å²) < 4.78 is 13.5. The van der Waals surface area contributed by atoms with Crippen LogP contribution in [0, 0.1) is 11.7 Å². The van der Waals surface area contributed by atoms with Crippen molar-refractivity contribution in [1.29, 1.82) is 0 Å². The van der Waals surface area contributed by atoms with Gasteiger partial charge in [-0.25, -0.2) is 4.39 Å². The van der Waals surface area contributed by atoms with E-state index in [4.69, 9.17) is 10.8 Å². The minimum Gasteiger partial charge on any atom is -0.480 e. The van der Waals surface area contributed by atoms with E-state index in [2.05, 4.69) is 5.32 Å². The number of aliphatic carboxylic acids is 1. The molecule has 0 spiro atoms. The number of amides is 1. The van der Waals surface area contributed by atoms with Crippen molar-refractivity contribution in [3.05, 3.63) is 35.1 Å². The van der Waals surface area contributed by atoms with E-state index in [1.165, 1.54) is 12.1 Å². The van der Waals surface area contributed by atoms with Gasteiger partial charge < -0.3 is 10.8 Å². The van der Waals surface area contributed by atoms with Gasteiger partial charge in [-0.15, -0.1) is 0 Å². The van der Waals surface area contributed by atoms with Crippen molar-refractivity contribution in [2.75, 3.05) is 0 Å². The molecule has 1 aromatic rings. The molecule has 1 amide bonds. The molecule has 0 bridgehead atoms. The van der Waals surface area contributed by atoms with E-state index in [0.29, 0.717) is 0 Å². The lowest BCUT2D eigenvalue weighted by atomic mass is 10.0. The fourth-order valence-corrected chi connectivity index (χ4v) is 1.69. The van der Waals surface area contributed by atoms with E-state index in [-0.39, 0.29) is 23.6 Å². The van der Waals surface area contributed by atoms with Crippen molar-refractivity contribution in [2.45, 2.75) is 26.4 Å². The van der Waals surface area contributed by atoms with Crippen LogP contribution in [0.3, 0.4) is 0 Å². The van der Waals surface area contributed by atoms with Gasteiger partial charge in [0.15, 0.2) is 0 Å². The van der Waals surface area contributed by atoms with Gasteiger partial charge in [0.05, 0.1) is 0 Å². The van der Waals surface area contributed by atoms with Crippen molar-refractivity contribution in [2.24, 2.45) is 11.7 Å². The van der Waals surface area contributed by atoms with Gasteiger partial charge in [0, 0.05) is 17.7 Å². The van der Waals surface area contributed by atoms with Crippen LogP contribution in [-0.4, -0.2) is 23.0 Å². The monoisotopic (exact) mass is 268 g/mol. The van der Waals surface area contributed by atoms with Crippen LogP contribution in [0.4, 0.5) is 4.39 Å². The van der Waals surface area contributed by atoms with Gasteiger partial charge in [-0.05, 0) is 24.1 Å². The zero-order valence-electron chi connectivity index (χ0n) is 10.8. The largest absolute Gasteiger partial charge is 0.480 e. The Bertz CT molecular complexity index is 489. The van der Waals surface area contributed by atoms with E-state index >= 15 is 0 Å². The highest BCUT2D eigenvalue weighted by Crippen LogP contribution is 2.11. The van der Waals surface area contributed by atoms with Gasteiger partial charge in [0.2, 0.25) is 5.91 Å². The Labute approximate surface area is 110 Å². The number of primary amides is 1. The normalized spacial score (nSPS) is 12.4. The highest BCUT2D eigenvalue weighted by Gasteiger charge is 2.21. The molecule has 0 aliphatic heterocycles. The Morgan fingerprint density at radius 3 is 2.53 bits per heavy atom. The highest BCUT2D eigenvalue weighted by atomic mass is 19.1. The molecule has 4 N–H and O–H groups in total. The Balaban J connectivity index is 2.84. The molecule has 19 heavy (non-hydrogen) atoms. The Hall–Kier alpha value is -1.95. The van der Waals surface area contributed by atoms with Crippen molar-refractivity contribution in [3.8, 4) is 0 Å². The molecule has 0 radical (unpaired) electrons. The maximum absolute atomic E-state index is 13.5. The first kappa shape index (κ1) is 15.1. The number of rotatable bonds is 6. The molecule has 1 atom stereocenters. The number of nitrogens with one attached hydrogen (secondary N) is 1. The van der Waals surface area contributed by atoms with Crippen molar-refractivity contribution >= 4 is 11.9 Å². The van der Waals surface area contributed by atoms with Gasteiger partial charge >= 0.3 is 5.97 Å². The van der Waals surface area contributed by atoms with Crippen LogP contribution >= 0.6 is 0 Å². The van der Waals surface area contributed by atoms with Crippen LogP contribution in [-0.2, 0) is 11.3 Å². The number of hydrogen-bond donors (Lipinski definition) is 3. The molecule has 0 aromatic heterocycles. The van der Waals surface area contributed by atoms with Crippen LogP contribution in [0.2, 0.25) is 0 Å². The zero-order chi connectivity index (χ0) is 14.6. The fourth-order valence-electron chi connectivity index (χ4n) is 1.69. The van der Waals surface area contributed by atoms with Crippen LogP contribution < -0.4 is 11.1 Å². The number of carbonyl (C=O) groups is 2. The van der Waals surface area contributed by atoms with Crippen molar-refractivity contribution in [1.82, 2.24) is 5.32 Å². The van der Waals surface area contributed by atoms with E-state index < -0.39 is 23.7 Å². The average molecular weight is 268 g/mol. The first-order valence-corrected chi connectivity index (χ1v) is 5.87. The summed E-state index contributed by atoms with van der Waals surface area (Å²) in [5, 5.41) is 11.8. The molecular weight excluding hydrogens is 251 g/mol. The first-order valence-electron chi connectivity index (χ1n) is 5.87. The second-order valence-corrected chi connectivity index (χ2v) is 4.61. The molecule has 1 rings (SSSR count). The first-order chi connectivity index (χ1) is 8.82. The molecule has 0 heterocycles. The summed E-state index contributed by atoms with van der Waals surface area (Å²) in [6.07, 6.45) is 0. The van der Waals surface area contributed by atoms with Gasteiger partial charge in [0.25, 0.3) is 0 Å². The third kappa shape index (κ3) is 4.03. The topological polar surface area (TPSA) is 92.4 Å². The lowest BCUT2D eigenvalue weighted by Crippen LogP contribution is -2.40. The summed E-state index contributed by atoms with van der Waals surface area (Å²) in [6.45, 7) is 3.52. The molecule has 1 aromatic carbocycles. The van der Waals surface area contributed by atoms with Crippen molar-refractivity contribution in [3.63, 3.8) is 0 Å². The molecule has 0 saturated carbocycles. The third-order valence-electron chi connectivity index (χ3n) is 2.78. The summed E-state index contributed by atoms with van der Waals surface area (Å²) in [7, 11) is 0. The van der Waals surface area contributed by atoms with Gasteiger partial charge in [0.1, 0.15) is 11.9 Å². The third-order valence-corrected chi connectivity index (χ3v) is 2.78. The zero-order valence-corrected chi connectivity index (χ0v) is 10.8. The Morgan fingerprint density at radius 1 is 1.42 bits per heavy atom. The molecule has 0 saturated heterocycles. The predicted molar refractivity (Wildman–Crippen MR) is 68.0 cm³/mol. The summed E-state index contributed by atoms with van der Waals surface area (Å²) in [5.74, 6) is -2.30. The Morgan fingerprint density at radius 2 is 2.05 bits per heavy atom. The lowest BCUT2D eigenvalue weighted by Gasteiger charge is -2.18. The van der Waals surface area contributed by atoms with Crippen LogP contribution in [0.1, 0.15) is 29.8 Å². The minimum atomic E-state index is -0.999. The predicted octanol–water partition coefficient (Wildman–Crippen LogP) is 1.12. The minimum absolute atomic E-state index is 0.0160. The molecule has 0 aliphatic carbocycles. The van der Waals surface area contributed by atoms with Gasteiger partial charge in [-0.1, -0.05) is 13.8 Å². The van der Waals surface area contributed by atoms with Crippen LogP contribution in [0.25, 0.3) is 0 Å². The average Bonchev–Trinajstić information content (AvgIpc) is 2.30. The maximum atomic E-state index is 13.5. The second kappa shape index (κ2) is 6.29. The number of carboxylic acids is 1. The summed E-state index contributed by atoms with van der Waals surface area (Å²) >= 11 is 0. The fraction of sp³-hybridized carbons (Fsp3) is 0.385. The Kier molecular flexibility index (Phi) is 5.00. The van der Waals surface area contributed by atoms with E-state index in [0.717, 1.165) is 6.07 Å². The SMILES string of the molecule is CC(C)C(NCc1cc(C(N)=O)ccc1F)C(=O)O. The summed E-state index contributed by atoms with van der Waals surface area (Å²) in [4.78, 5) is 22.0. The van der Waals surface area contributed by atoms with E-state index in [1.54, 1.807) is 13.8 Å². The van der Waals surface area contributed by atoms with E-state index in [1.807, 2.05) is 0 Å². The summed E-state index contributed by atoms with van der Waals surface area (Å²) in [5.41, 5.74) is 5.51. The number of benzene rings is 1. The quantitative estimate of drug-likeness (QED) is 0.721.